The molecule has 0 saturated heterocycles. The summed E-state index contributed by atoms with van der Waals surface area (Å²) in [5.74, 6) is -1.05. The number of rotatable bonds is 3. The number of carbonyl (C=O) groups is 1. The van der Waals surface area contributed by atoms with Crippen LogP contribution in [0.25, 0.3) is 11.3 Å². The molecule has 4 nitrogen and oxygen atoms in total. The molecule has 2 aromatic carbocycles. The second-order valence-electron chi connectivity index (χ2n) is 5.85. The highest BCUT2D eigenvalue weighted by Crippen LogP contribution is 2.40. The zero-order valence-corrected chi connectivity index (χ0v) is 16.3. The Kier molecular flexibility index (Phi) is 5.22. The number of halogens is 4. The smallest absolute Gasteiger partial charge is 0.356 e. The Morgan fingerprint density at radius 3 is 2.50 bits per heavy atom. The van der Waals surface area contributed by atoms with Crippen molar-refractivity contribution >= 4 is 53.2 Å². The number of hydrogen-bond acceptors (Lipinski definition) is 2. The molecular formula is C18H12Cl4N2O2. The van der Waals surface area contributed by atoms with Crippen LogP contribution in [0, 0.1) is 0 Å². The van der Waals surface area contributed by atoms with Crippen molar-refractivity contribution in [3.8, 4) is 11.3 Å². The molecule has 8 heteroatoms. The van der Waals surface area contributed by atoms with Crippen molar-refractivity contribution in [3.63, 3.8) is 0 Å². The van der Waals surface area contributed by atoms with Crippen molar-refractivity contribution in [2.24, 2.45) is 0 Å². The number of nitrogens with zero attached hydrogens (tertiary/aromatic N) is 2. The number of carboxylic acid groups (broad SMARTS) is 1. The van der Waals surface area contributed by atoms with Crippen LogP contribution in [0.3, 0.4) is 0 Å². The van der Waals surface area contributed by atoms with E-state index < -0.39 is 5.97 Å². The minimum Gasteiger partial charge on any atom is -0.476 e. The Hall–Kier alpha value is -1.72. The molecule has 1 aliphatic carbocycles. The number of carboxylic acids is 1. The van der Waals surface area contributed by atoms with Crippen LogP contribution in [-0.4, -0.2) is 20.9 Å². The predicted octanol–water partition coefficient (Wildman–Crippen LogP) is 5.58. The van der Waals surface area contributed by atoms with Gasteiger partial charge in [0.15, 0.2) is 5.69 Å². The Balaban J connectivity index is 0.00000196. The highest BCUT2D eigenvalue weighted by atomic mass is 35.5. The Labute approximate surface area is 170 Å². The molecule has 0 unspecified atom stereocenters. The molecule has 0 amide bonds. The van der Waals surface area contributed by atoms with Crippen molar-refractivity contribution in [3.05, 3.63) is 73.9 Å². The third-order valence-corrected chi connectivity index (χ3v) is 5.10. The molecular weight excluding hydrogens is 418 g/mol. The monoisotopic (exact) mass is 428 g/mol. The zero-order chi connectivity index (χ0) is 17.7. The van der Waals surface area contributed by atoms with E-state index in [0.717, 1.165) is 22.4 Å². The maximum absolute atomic E-state index is 11.6. The van der Waals surface area contributed by atoms with E-state index in [1.807, 2.05) is 18.2 Å². The lowest BCUT2D eigenvalue weighted by atomic mass is 10.1. The number of fused-ring (bicyclic) bond motifs is 3. The molecule has 0 radical (unpaired) electrons. The SMILES string of the molecule is Cl.O=C(O)c1nn(Cc2ccc(Cl)cc2Cl)c2c1Cc1cc(Cl)ccc1-2. The molecule has 4 rings (SSSR count). The fourth-order valence-electron chi connectivity index (χ4n) is 3.20. The van der Waals surface area contributed by atoms with Crippen molar-refractivity contribution in [1.82, 2.24) is 9.78 Å². The molecule has 0 spiro atoms. The van der Waals surface area contributed by atoms with Gasteiger partial charge in [0.25, 0.3) is 0 Å². The summed E-state index contributed by atoms with van der Waals surface area (Å²) in [7, 11) is 0. The van der Waals surface area contributed by atoms with Crippen LogP contribution in [0.1, 0.15) is 27.2 Å². The van der Waals surface area contributed by atoms with Crippen molar-refractivity contribution in [1.29, 1.82) is 0 Å². The molecule has 0 saturated carbocycles. The summed E-state index contributed by atoms with van der Waals surface area (Å²) in [6, 6.07) is 10.8. The first kappa shape index (κ1) is 19.1. The molecule has 26 heavy (non-hydrogen) atoms. The predicted molar refractivity (Wildman–Crippen MR) is 105 cm³/mol. The van der Waals surface area contributed by atoms with Gasteiger partial charge in [0.2, 0.25) is 0 Å². The molecule has 0 aliphatic heterocycles. The van der Waals surface area contributed by atoms with Crippen LogP contribution in [-0.2, 0) is 13.0 Å². The fraction of sp³-hybridized carbons (Fsp3) is 0.111. The second-order valence-corrected chi connectivity index (χ2v) is 7.13. The van der Waals surface area contributed by atoms with Gasteiger partial charge in [-0.15, -0.1) is 12.4 Å². The summed E-state index contributed by atoms with van der Waals surface area (Å²) in [5.41, 5.74) is 4.33. The van der Waals surface area contributed by atoms with Crippen LogP contribution >= 0.6 is 47.2 Å². The van der Waals surface area contributed by atoms with Gasteiger partial charge >= 0.3 is 5.97 Å². The maximum atomic E-state index is 11.6. The van der Waals surface area contributed by atoms with Gasteiger partial charge in [-0.3, -0.25) is 4.68 Å². The number of aromatic carboxylic acids is 1. The van der Waals surface area contributed by atoms with Gasteiger partial charge in [-0.05, 0) is 35.4 Å². The van der Waals surface area contributed by atoms with E-state index in [1.165, 1.54) is 0 Å². The van der Waals surface area contributed by atoms with E-state index in [2.05, 4.69) is 5.10 Å². The van der Waals surface area contributed by atoms with Gasteiger partial charge < -0.3 is 5.11 Å². The van der Waals surface area contributed by atoms with Gasteiger partial charge in [0, 0.05) is 32.6 Å². The van der Waals surface area contributed by atoms with Gasteiger partial charge in [-0.1, -0.05) is 46.9 Å². The highest BCUT2D eigenvalue weighted by molar-refractivity contribution is 6.35. The normalized spacial score (nSPS) is 11.7. The second kappa shape index (κ2) is 7.12. The Bertz CT molecular complexity index is 1030. The average molecular weight is 430 g/mol. The summed E-state index contributed by atoms with van der Waals surface area (Å²) in [6.07, 6.45) is 0.501. The van der Waals surface area contributed by atoms with E-state index in [-0.39, 0.29) is 18.1 Å². The lowest BCUT2D eigenvalue weighted by molar-refractivity contribution is 0.0688. The van der Waals surface area contributed by atoms with Gasteiger partial charge in [-0.2, -0.15) is 5.10 Å². The van der Waals surface area contributed by atoms with E-state index in [0.29, 0.717) is 33.6 Å². The van der Waals surface area contributed by atoms with E-state index in [9.17, 15) is 9.90 Å². The van der Waals surface area contributed by atoms with Crippen LogP contribution in [0.15, 0.2) is 36.4 Å². The van der Waals surface area contributed by atoms with Gasteiger partial charge in [-0.25, -0.2) is 4.79 Å². The highest BCUT2D eigenvalue weighted by Gasteiger charge is 2.30. The minimum absolute atomic E-state index is 0. The van der Waals surface area contributed by atoms with Crippen LogP contribution in [0.5, 0.6) is 0 Å². The molecule has 0 bridgehead atoms. The minimum atomic E-state index is -1.05. The van der Waals surface area contributed by atoms with E-state index in [1.54, 1.807) is 22.9 Å². The van der Waals surface area contributed by atoms with Crippen LogP contribution in [0.4, 0.5) is 0 Å². The number of benzene rings is 2. The lowest BCUT2D eigenvalue weighted by Gasteiger charge is -2.09. The first-order valence-corrected chi connectivity index (χ1v) is 8.63. The van der Waals surface area contributed by atoms with Crippen molar-refractivity contribution in [2.75, 3.05) is 0 Å². The summed E-state index contributed by atoms with van der Waals surface area (Å²) in [5, 5.41) is 15.5. The van der Waals surface area contributed by atoms with Crippen molar-refractivity contribution < 1.29 is 9.90 Å². The number of aromatic nitrogens is 2. The molecule has 134 valence electrons. The molecule has 3 aromatic rings. The summed E-state index contributed by atoms with van der Waals surface area (Å²) >= 11 is 18.3. The van der Waals surface area contributed by atoms with Crippen LogP contribution < -0.4 is 0 Å². The van der Waals surface area contributed by atoms with Gasteiger partial charge in [0.1, 0.15) is 0 Å². The average Bonchev–Trinajstić information content (AvgIpc) is 3.07. The maximum Gasteiger partial charge on any atom is 0.356 e. The summed E-state index contributed by atoms with van der Waals surface area (Å²) in [6.45, 7) is 0.355. The first-order chi connectivity index (χ1) is 11.9. The molecule has 1 N–H and O–H groups in total. The van der Waals surface area contributed by atoms with Gasteiger partial charge in [0.05, 0.1) is 12.2 Å². The topological polar surface area (TPSA) is 55.1 Å². The van der Waals surface area contributed by atoms with Crippen LogP contribution in [0.2, 0.25) is 15.1 Å². The molecule has 1 aliphatic rings. The largest absolute Gasteiger partial charge is 0.476 e. The van der Waals surface area contributed by atoms with E-state index >= 15 is 0 Å². The Morgan fingerprint density at radius 2 is 1.81 bits per heavy atom. The standard InChI is InChI=1S/C18H11Cl3N2O2.ClH/c19-11-3-4-13-10(5-11)6-14-16(18(24)25)22-23(17(13)14)8-9-1-2-12(20)7-15(9)21;/h1-5,7H,6,8H2,(H,24,25);1H. The lowest BCUT2D eigenvalue weighted by Crippen LogP contribution is -2.07. The van der Waals surface area contributed by atoms with Crippen molar-refractivity contribution in [2.45, 2.75) is 13.0 Å². The quantitative estimate of drug-likeness (QED) is 0.462. The summed E-state index contributed by atoms with van der Waals surface area (Å²) in [4.78, 5) is 11.6. The molecule has 0 atom stereocenters. The molecule has 0 fully saturated rings. The number of hydrogen-bond donors (Lipinski definition) is 1. The third kappa shape index (κ3) is 3.19. The Morgan fingerprint density at radius 1 is 1.12 bits per heavy atom. The molecule has 1 aromatic heterocycles. The molecule has 1 heterocycles. The first-order valence-electron chi connectivity index (χ1n) is 7.49. The zero-order valence-electron chi connectivity index (χ0n) is 13.2. The third-order valence-electron chi connectivity index (χ3n) is 4.28. The summed E-state index contributed by atoms with van der Waals surface area (Å²) < 4.78 is 1.69. The van der Waals surface area contributed by atoms with E-state index in [4.69, 9.17) is 34.8 Å². The fourth-order valence-corrected chi connectivity index (χ4v) is 3.86.